The average molecular weight is 407 g/mol. The summed E-state index contributed by atoms with van der Waals surface area (Å²) in [6.45, 7) is 4.99. The minimum absolute atomic E-state index is 0.000156. The van der Waals surface area contributed by atoms with Gasteiger partial charge in [0.05, 0.1) is 18.0 Å². The first-order valence-electron chi connectivity index (χ1n) is 9.19. The summed E-state index contributed by atoms with van der Waals surface area (Å²) >= 11 is 0. The molecular formula is C19H26N4O4S. The Morgan fingerprint density at radius 1 is 1.21 bits per heavy atom. The maximum absolute atomic E-state index is 12.7. The quantitative estimate of drug-likeness (QED) is 0.587. The fraction of sp³-hybridized carbons (Fsp3) is 0.474. The number of benzene rings is 1. The molecular weight excluding hydrogens is 380 g/mol. The van der Waals surface area contributed by atoms with Crippen LogP contribution in [0.3, 0.4) is 0 Å². The Labute approximate surface area is 166 Å². The van der Waals surface area contributed by atoms with Crippen LogP contribution in [0.5, 0.6) is 0 Å². The van der Waals surface area contributed by atoms with Gasteiger partial charge in [0, 0.05) is 38.3 Å². The number of nitrogens with one attached hydrogen (secondary N) is 2. The second-order valence-electron chi connectivity index (χ2n) is 6.47. The fourth-order valence-electron chi connectivity index (χ4n) is 2.83. The standard InChI is InChI=1S/C19H26N4O4S/c1-3-8-20-18(24)15-22-10-12-23(13-11-22)19(25)16-6-5-7-17(14-16)28(26,27)21-9-4-2/h2,5-7,14,21H,3,8-13,15H2,1H3,(H,20,24). The first-order chi connectivity index (χ1) is 13.4. The van der Waals surface area contributed by atoms with Crippen molar-refractivity contribution in [2.24, 2.45) is 0 Å². The van der Waals surface area contributed by atoms with Gasteiger partial charge < -0.3 is 10.2 Å². The molecule has 1 heterocycles. The van der Waals surface area contributed by atoms with E-state index in [0.29, 0.717) is 44.8 Å². The molecule has 1 fully saturated rings. The fourth-order valence-corrected chi connectivity index (χ4v) is 3.81. The number of hydrogen-bond donors (Lipinski definition) is 2. The van der Waals surface area contributed by atoms with E-state index in [1.165, 1.54) is 18.2 Å². The number of carbonyl (C=O) groups excluding carboxylic acids is 2. The van der Waals surface area contributed by atoms with E-state index in [4.69, 9.17) is 6.42 Å². The van der Waals surface area contributed by atoms with Crippen LogP contribution in [0.4, 0.5) is 0 Å². The Morgan fingerprint density at radius 2 is 1.93 bits per heavy atom. The molecule has 0 atom stereocenters. The molecule has 1 aliphatic rings. The lowest BCUT2D eigenvalue weighted by atomic mass is 10.2. The van der Waals surface area contributed by atoms with Gasteiger partial charge in [-0.15, -0.1) is 6.42 Å². The molecule has 1 aromatic carbocycles. The van der Waals surface area contributed by atoms with Crippen molar-refractivity contribution in [3.63, 3.8) is 0 Å². The molecule has 0 saturated carbocycles. The summed E-state index contributed by atoms with van der Waals surface area (Å²) in [6.07, 6.45) is 5.98. The second-order valence-corrected chi connectivity index (χ2v) is 8.24. The zero-order valence-electron chi connectivity index (χ0n) is 16.0. The molecule has 2 N–H and O–H groups in total. The van der Waals surface area contributed by atoms with E-state index < -0.39 is 10.0 Å². The Hall–Kier alpha value is -2.41. The molecule has 28 heavy (non-hydrogen) atoms. The Morgan fingerprint density at radius 3 is 2.57 bits per heavy atom. The maximum atomic E-state index is 12.7. The molecule has 152 valence electrons. The maximum Gasteiger partial charge on any atom is 0.253 e. The molecule has 0 aliphatic carbocycles. The van der Waals surface area contributed by atoms with E-state index in [0.717, 1.165) is 6.42 Å². The van der Waals surface area contributed by atoms with Crippen molar-refractivity contribution in [2.45, 2.75) is 18.2 Å². The molecule has 8 nitrogen and oxygen atoms in total. The normalized spacial score (nSPS) is 15.1. The number of rotatable bonds is 8. The van der Waals surface area contributed by atoms with Gasteiger partial charge in [-0.3, -0.25) is 14.5 Å². The monoisotopic (exact) mass is 406 g/mol. The molecule has 9 heteroatoms. The predicted molar refractivity (Wildman–Crippen MR) is 106 cm³/mol. The van der Waals surface area contributed by atoms with Gasteiger partial charge in [-0.05, 0) is 24.6 Å². The van der Waals surface area contributed by atoms with E-state index in [2.05, 4.69) is 16.0 Å². The molecule has 0 bridgehead atoms. The van der Waals surface area contributed by atoms with Gasteiger partial charge in [-0.1, -0.05) is 18.9 Å². The van der Waals surface area contributed by atoms with E-state index >= 15 is 0 Å². The SMILES string of the molecule is C#CCNS(=O)(=O)c1cccc(C(=O)N2CCN(CC(=O)NCCC)CC2)c1. The third-order valence-electron chi connectivity index (χ3n) is 4.35. The molecule has 0 unspecified atom stereocenters. The molecule has 1 aromatic rings. The van der Waals surface area contributed by atoms with Crippen LogP contribution >= 0.6 is 0 Å². The van der Waals surface area contributed by atoms with Crippen LogP contribution in [0.15, 0.2) is 29.2 Å². The highest BCUT2D eigenvalue weighted by Gasteiger charge is 2.24. The van der Waals surface area contributed by atoms with Crippen molar-refractivity contribution in [3.8, 4) is 12.3 Å². The first-order valence-corrected chi connectivity index (χ1v) is 10.7. The number of carbonyl (C=O) groups is 2. The summed E-state index contributed by atoms with van der Waals surface area (Å²) in [6, 6.07) is 5.90. The number of sulfonamides is 1. The minimum Gasteiger partial charge on any atom is -0.355 e. The average Bonchev–Trinajstić information content (AvgIpc) is 2.71. The van der Waals surface area contributed by atoms with Crippen LogP contribution in [0, 0.1) is 12.3 Å². The highest BCUT2D eigenvalue weighted by Crippen LogP contribution is 2.14. The summed E-state index contributed by atoms with van der Waals surface area (Å²) in [4.78, 5) is 28.2. The molecule has 0 spiro atoms. The van der Waals surface area contributed by atoms with Gasteiger partial charge >= 0.3 is 0 Å². The lowest BCUT2D eigenvalue weighted by molar-refractivity contribution is -0.122. The third kappa shape index (κ3) is 6.05. The Balaban J connectivity index is 1.96. The number of hydrogen-bond acceptors (Lipinski definition) is 5. The van der Waals surface area contributed by atoms with E-state index in [-0.39, 0.29) is 23.3 Å². The lowest BCUT2D eigenvalue weighted by Gasteiger charge is -2.34. The molecule has 2 rings (SSSR count). The molecule has 1 aliphatic heterocycles. The van der Waals surface area contributed by atoms with Crippen molar-refractivity contribution in [1.82, 2.24) is 19.8 Å². The van der Waals surface area contributed by atoms with E-state index in [1.807, 2.05) is 11.8 Å². The van der Waals surface area contributed by atoms with E-state index in [9.17, 15) is 18.0 Å². The zero-order valence-corrected chi connectivity index (χ0v) is 16.8. The van der Waals surface area contributed by atoms with Gasteiger partial charge in [0.2, 0.25) is 15.9 Å². The number of amides is 2. The summed E-state index contributed by atoms with van der Waals surface area (Å²) in [5.74, 6) is 1.97. The predicted octanol–water partition coefficient (Wildman–Crippen LogP) is -0.118. The highest BCUT2D eigenvalue weighted by molar-refractivity contribution is 7.89. The smallest absolute Gasteiger partial charge is 0.253 e. The Bertz CT molecular complexity index is 840. The number of nitrogens with zero attached hydrogens (tertiary/aromatic N) is 2. The van der Waals surface area contributed by atoms with Gasteiger partial charge in [-0.2, -0.15) is 4.72 Å². The van der Waals surface area contributed by atoms with E-state index in [1.54, 1.807) is 11.0 Å². The van der Waals surface area contributed by atoms with Crippen LogP contribution in [0.1, 0.15) is 23.7 Å². The van der Waals surface area contributed by atoms with Crippen molar-refractivity contribution < 1.29 is 18.0 Å². The molecule has 0 aromatic heterocycles. The van der Waals surface area contributed by atoms with Crippen LogP contribution in [-0.2, 0) is 14.8 Å². The third-order valence-corrected chi connectivity index (χ3v) is 5.75. The minimum atomic E-state index is -3.76. The molecule has 0 radical (unpaired) electrons. The second kappa shape index (κ2) is 10.2. The molecule has 2 amide bonds. The van der Waals surface area contributed by atoms with Crippen molar-refractivity contribution in [3.05, 3.63) is 29.8 Å². The lowest BCUT2D eigenvalue weighted by Crippen LogP contribution is -2.51. The summed E-state index contributed by atoms with van der Waals surface area (Å²) < 4.78 is 26.6. The summed E-state index contributed by atoms with van der Waals surface area (Å²) in [5, 5.41) is 2.84. The summed E-state index contributed by atoms with van der Waals surface area (Å²) in [7, 11) is -3.76. The molecule has 1 saturated heterocycles. The number of piperazine rings is 1. The van der Waals surface area contributed by atoms with Gasteiger partial charge in [-0.25, -0.2) is 8.42 Å². The largest absolute Gasteiger partial charge is 0.355 e. The Kier molecular flexibility index (Phi) is 7.99. The summed E-state index contributed by atoms with van der Waals surface area (Å²) in [5.41, 5.74) is 0.303. The van der Waals surface area contributed by atoms with Gasteiger partial charge in [0.15, 0.2) is 0 Å². The highest BCUT2D eigenvalue weighted by atomic mass is 32.2. The number of terminal acetylenes is 1. The van der Waals surface area contributed by atoms with Crippen LogP contribution < -0.4 is 10.0 Å². The van der Waals surface area contributed by atoms with Crippen LogP contribution in [0.25, 0.3) is 0 Å². The van der Waals surface area contributed by atoms with Crippen molar-refractivity contribution >= 4 is 21.8 Å². The van der Waals surface area contributed by atoms with Crippen molar-refractivity contribution in [1.29, 1.82) is 0 Å². The topological polar surface area (TPSA) is 98.8 Å². The van der Waals surface area contributed by atoms with Crippen molar-refractivity contribution in [2.75, 3.05) is 45.8 Å². The van der Waals surface area contributed by atoms with Crippen LogP contribution in [0.2, 0.25) is 0 Å². The van der Waals surface area contributed by atoms with Gasteiger partial charge in [0.1, 0.15) is 0 Å². The first kappa shape index (κ1) is 21.9. The van der Waals surface area contributed by atoms with Crippen LogP contribution in [-0.4, -0.2) is 75.8 Å². The van der Waals surface area contributed by atoms with Gasteiger partial charge in [0.25, 0.3) is 5.91 Å². The zero-order chi connectivity index (χ0) is 20.6.